The van der Waals surface area contributed by atoms with Crippen LogP contribution in [0.2, 0.25) is 15.1 Å². The second-order valence-electron chi connectivity index (χ2n) is 23.2. The van der Waals surface area contributed by atoms with Crippen LogP contribution in [0, 0.1) is 29.2 Å². The third-order valence-electron chi connectivity index (χ3n) is 16.0. The zero-order chi connectivity index (χ0) is 60.7. The van der Waals surface area contributed by atoms with E-state index in [1.807, 2.05) is 34.6 Å². The Bertz CT molecular complexity index is 3150. The molecule has 6 aliphatic rings. The number of halogens is 4. The van der Waals surface area contributed by atoms with E-state index in [4.69, 9.17) is 109 Å². The molecule has 5 aromatic rings. The standard InChI is InChI=1S/C28H39ClN6O4S.C23H31ClN6O2S.C5H5ClN2S.CH4O.ClH/c1-16-25(40-20-7-10-31-23(30)22(20)29)33-19(15-36)24(32-16)35-11-8-28(9-12-35)14-18(38-17-5-6-17)13-21(28)34-26(37)39-27(2,3)4;1-13-22(33-17-4-7-27-20(26)19(17)24)29-16(12-31)21(28-13)30-8-5-23(6-9-30)11-15(10-18(23)25)32-14-2-3-14;6-4-3(9)1-2-8-5(4)7;1-2;/h7,10,17-18,21,36H,5-6,8-9,11-15H2,1-4H3,(H2,30,31)(H,34,37);4,7,14-15,18,31H,2-3,5-6,8-12,25H2,1H3,(H2,26,27);1-2H,(H3,7,8,9);2H,1H3;1H/t18-,21+;15-,18+;;;/m00.../s1. The number of rotatable bonds is 13. The molecule has 28 heteroatoms. The number of amides is 1. The summed E-state index contributed by atoms with van der Waals surface area (Å²) in [5.74, 6) is 2.41. The van der Waals surface area contributed by atoms with Crippen LogP contribution in [0.5, 0.6) is 0 Å². The smallest absolute Gasteiger partial charge is 0.407 e. The number of nitrogen functional groups attached to an aromatic ring is 3. The second kappa shape index (κ2) is 29.8. The Morgan fingerprint density at radius 1 is 0.729 bits per heavy atom. The Morgan fingerprint density at radius 3 is 1.60 bits per heavy atom. The van der Waals surface area contributed by atoms with E-state index in [1.165, 1.54) is 36.4 Å². The number of nitrogens with one attached hydrogen (secondary N) is 2. The molecular weight excluding hydrogens is 1230 g/mol. The number of pyridine rings is 3. The Labute approximate surface area is 532 Å². The number of aromatic amines is 1. The van der Waals surface area contributed by atoms with Gasteiger partial charge in [-0.1, -0.05) is 70.5 Å². The van der Waals surface area contributed by atoms with Crippen LogP contribution < -0.4 is 38.1 Å². The zero-order valence-electron chi connectivity index (χ0n) is 48.8. The number of aliphatic hydroxyl groups excluding tert-OH is 3. The molecule has 4 saturated carbocycles. The molecule has 6 fully saturated rings. The molecule has 11 rings (SSSR count). The minimum Gasteiger partial charge on any atom is -0.444 e. The number of hydrogen-bond acceptors (Lipinski definition) is 22. The van der Waals surface area contributed by atoms with Crippen LogP contribution in [0.4, 0.5) is 33.9 Å². The number of carbonyl (C=O) groups is 1. The molecule has 5 aromatic heterocycles. The number of hydrogen-bond donors (Lipinski definition) is 9. The van der Waals surface area contributed by atoms with Crippen molar-refractivity contribution in [3.8, 4) is 0 Å². The van der Waals surface area contributed by atoms with Crippen LogP contribution in [-0.2, 0) is 27.4 Å². The van der Waals surface area contributed by atoms with Gasteiger partial charge in [0.15, 0.2) is 11.6 Å². The Kier molecular flexibility index (Phi) is 23.9. The van der Waals surface area contributed by atoms with Crippen molar-refractivity contribution in [1.29, 1.82) is 0 Å². The molecule has 85 heavy (non-hydrogen) atoms. The van der Waals surface area contributed by atoms with Gasteiger partial charge < -0.3 is 72.6 Å². The first-order valence-corrected chi connectivity index (χ1v) is 31.5. The Morgan fingerprint density at radius 2 is 1.18 bits per heavy atom. The van der Waals surface area contributed by atoms with E-state index in [9.17, 15) is 15.0 Å². The van der Waals surface area contributed by atoms with Crippen LogP contribution in [0.25, 0.3) is 0 Å². The van der Waals surface area contributed by atoms with Crippen molar-refractivity contribution in [3.05, 3.63) is 79.1 Å². The summed E-state index contributed by atoms with van der Waals surface area (Å²) in [4.78, 5) is 48.6. The highest BCUT2D eigenvalue weighted by atomic mass is 35.5. The van der Waals surface area contributed by atoms with Gasteiger partial charge in [-0.05, 0) is 141 Å². The van der Waals surface area contributed by atoms with Gasteiger partial charge in [0.05, 0.1) is 68.6 Å². The van der Waals surface area contributed by atoms with Gasteiger partial charge >= 0.3 is 6.09 Å². The van der Waals surface area contributed by atoms with Crippen molar-refractivity contribution >= 4 is 118 Å². The first-order valence-electron chi connectivity index (χ1n) is 28.3. The Balaban J connectivity index is 0.000000207. The molecule has 1 amide bonds. The SMILES string of the molecule is CO.Cc1nc(N2CCC3(CC2)C[C@@H](OC2CC2)C[C@H]3N)c(CO)nc1Sc1ccnc(N)c1Cl.Cc1nc(N2CCC3(CC2)C[C@@H](OC2CC2)C[C@H]3NC(=O)OC(C)(C)C)c(CO)nc1Sc1ccnc(N)c1Cl.Cl.Nc1[nH]ccc(=S)c1Cl. The van der Waals surface area contributed by atoms with Crippen LogP contribution in [-0.4, -0.2) is 132 Å². The van der Waals surface area contributed by atoms with E-state index in [1.54, 1.807) is 36.8 Å². The van der Waals surface area contributed by atoms with Gasteiger partial charge in [0.1, 0.15) is 44.5 Å². The molecule has 2 saturated heterocycles. The predicted molar refractivity (Wildman–Crippen MR) is 341 cm³/mol. The lowest BCUT2D eigenvalue weighted by Crippen LogP contribution is -2.51. The fourth-order valence-electron chi connectivity index (χ4n) is 11.4. The number of anilines is 5. The molecule has 13 N–H and O–H groups in total. The van der Waals surface area contributed by atoms with E-state index < -0.39 is 5.60 Å². The molecule has 21 nitrogen and oxygen atoms in total. The summed E-state index contributed by atoms with van der Waals surface area (Å²) >= 11 is 25.8. The summed E-state index contributed by atoms with van der Waals surface area (Å²) in [5.41, 5.74) is 25.8. The van der Waals surface area contributed by atoms with Crippen molar-refractivity contribution in [2.24, 2.45) is 16.6 Å². The third-order valence-corrected chi connectivity index (χ3v) is 20.2. The minimum atomic E-state index is -0.555. The maximum absolute atomic E-state index is 12.7. The van der Waals surface area contributed by atoms with Crippen molar-refractivity contribution in [2.45, 2.75) is 187 Å². The minimum absolute atomic E-state index is 0. The third kappa shape index (κ3) is 17.3. The quantitative estimate of drug-likeness (QED) is 0.0495. The van der Waals surface area contributed by atoms with Crippen LogP contribution in [0.1, 0.15) is 121 Å². The number of carbonyl (C=O) groups excluding carboxylic acids is 1. The second-order valence-corrected chi connectivity index (χ2v) is 26.8. The molecule has 466 valence electrons. The molecule has 0 bridgehead atoms. The number of ether oxygens (including phenoxy) is 3. The maximum Gasteiger partial charge on any atom is 0.407 e. The monoisotopic (exact) mass is 1310 g/mol. The van der Waals surface area contributed by atoms with Crippen molar-refractivity contribution in [2.75, 3.05) is 60.3 Å². The normalized spacial score (nSPS) is 21.2. The van der Waals surface area contributed by atoms with Crippen molar-refractivity contribution < 1.29 is 34.3 Å². The van der Waals surface area contributed by atoms with Gasteiger partial charge in [-0.25, -0.2) is 34.7 Å². The number of nitrogens with two attached hydrogens (primary N) is 4. The first-order chi connectivity index (χ1) is 40.1. The summed E-state index contributed by atoms with van der Waals surface area (Å²) in [7, 11) is 1.00. The molecule has 2 spiro atoms. The van der Waals surface area contributed by atoms with E-state index in [-0.39, 0.29) is 72.4 Å². The molecule has 2 aliphatic heterocycles. The molecule has 4 aliphatic carbocycles. The molecule has 0 radical (unpaired) electrons. The average molecular weight is 1310 g/mol. The summed E-state index contributed by atoms with van der Waals surface area (Å²) in [5, 5.41) is 33.0. The molecular formula is C57H80Cl4N14O7S3. The first kappa shape index (κ1) is 68.2. The number of aliphatic hydroxyl groups is 3. The topological polar surface area (TPSA) is 321 Å². The molecule has 0 aromatic carbocycles. The zero-order valence-corrected chi connectivity index (χ0v) is 54.3. The van der Waals surface area contributed by atoms with Gasteiger partial charge in [0.25, 0.3) is 0 Å². The van der Waals surface area contributed by atoms with Crippen molar-refractivity contribution in [1.82, 2.24) is 40.2 Å². The fourth-order valence-corrected chi connectivity index (χ4v) is 13.9. The summed E-state index contributed by atoms with van der Waals surface area (Å²) in [6, 6.07) is 5.43. The fraction of sp³-hybridized carbons (Fsp3) is 0.579. The van der Waals surface area contributed by atoms with Gasteiger partial charge in [-0.2, -0.15) is 0 Å². The number of nitrogens with zero attached hydrogens (tertiary/aromatic N) is 8. The number of aryl methyl sites for hydroxylation is 2. The average Bonchev–Trinajstić information content (AvgIpc) is 3.75. The predicted octanol–water partition coefficient (Wildman–Crippen LogP) is 10.2. The van der Waals surface area contributed by atoms with Gasteiger partial charge in [-0.3, -0.25) is 0 Å². The van der Waals surface area contributed by atoms with E-state index >= 15 is 0 Å². The maximum atomic E-state index is 12.7. The van der Waals surface area contributed by atoms with Crippen LogP contribution >= 0.6 is 83.0 Å². The van der Waals surface area contributed by atoms with E-state index in [2.05, 4.69) is 30.1 Å². The number of alkyl carbamates (subject to hydrolysis) is 1. The van der Waals surface area contributed by atoms with Crippen LogP contribution in [0.3, 0.4) is 0 Å². The summed E-state index contributed by atoms with van der Waals surface area (Å²) < 4.78 is 18.7. The lowest BCUT2D eigenvalue weighted by molar-refractivity contribution is 0.0332. The molecule has 0 unspecified atom stereocenters. The summed E-state index contributed by atoms with van der Waals surface area (Å²) in [6.45, 7) is 12.2. The van der Waals surface area contributed by atoms with Gasteiger partial charge in [0, 0.05) is 73.8 Å². The molecule has 7 heterocycles. The van der Waals surface area contributed by atoms with Crippen LogP contribution in [0.15, 0.2) is 56.6 Å². The number of H-pyrrole nitrogens is 1. The Hall–Kier alpha value is -4.28. The highest BCUT2D eigenvalue weighted by Crippen LogP contribution is 2.51. The van der Waals surface area contributed by atoms with Gasteiger partial charge in [0.2, 0.25) is 0 Å². The van der Waals surface area contributed by atoms with Crippen molar-refractivity contribution in [3.63, 3.8) is 0 Å². The lowest BCUT2D eigenvalue weighted by Gasteiger charge is -2.44. The number of piperidine rings is 2. The molecule has 4 atom stereocenters. The highest BCUT2D eigenvalue weighted by molar-refractivity contribution is 7.99. The van der Waals surface area contributed by atoms with E-state index in [0.29, 0.717) is 71.0 Å². The highest BCUT2D eigenvalue weighted by Gasteiger charge is 2.52. The summed E-state index contributed by atoms with van der Waals surface area (Å²) in [6.07, 6.45) is 17.9. The van der Waals surface area contributed by atoms with Gasteiger partial charge in [-0.15, -0.1) is 12.4 Å². The number of aromatic nitrogens is 7. The lowest BCUT2D eigenvalue weighted by atomic mass is 9.74. The largest absolute Gasteiger partial charge is 0.444 e. The van der Waals surface area contributed by atoms with E-state index in [0.717, 1.165) is 124 Å².